The molecular formula is C6H15NSi. The Hall–Kier alpha value is -0.0831. The molecule has 0 heterocycles. The highest BCUT2D eigenvalue weighted by Crippen LogP contribution is 1.75. The Kier molecular flexibility index (Phi) is 6.85. The van der Waals surface area contributed by atoms with Gasteiger partial charge in [-0.15, -0.1) is 5.70 Å². The van der Waals surface area contributed by atoms with Crippen molar-refractivity contribution >= 4 is 9.52 Å². The number of rotatable bonds is 4. The van der Waals surface area contributed by atoms with E-state index in [1.807, 2.05) is 7.05 Å². The van der Waals surface area contributed by atoms with Crippen molar-refractivity contribution in [3.05, 3.63) is 11.8 Å². The predicted molar refractivity (Wildman–Crippen MR) is 41.9 cm³/mol. The van der Waals surface area contributed by atoms with Crippen molar-refractivity contribution in [2.45, 2.75) is 13.3 Å². The Morgan fingerprint density at radius 3 is 2.88 bits per heavy atom. The lowest BCUT2D eigenvalue weighted by atomic mass is 10.5. The SMILES string of the molecule is CCC=C[SiH2]CNC. The van der Waals surface area contributed by atoms with Crippen molar-refractivity contribution in [3.63, 3.8) is 0 Å². The molecule has 1 N–H and O–H groups in total. The topological polar surface area (TPSA) is 12.0 Å². The van der Waals surface area contributed by atoms with Gasteiger partial charge in [0.15, 0.2) is 0 Å². The van der Waals surface area contributed by atoms with Crippen molar-refractivity contribution in [3.8, 4) is 0 Å². The van der Waals surface area contributed by atoms with Crippen molar-refractivity contribution < 1.29 is 0 Å². The van der Waals surface area contributed by atoms with Crippen LogP contribution < -0.4 is 5.32 Å². The number of hydrogen-bond donors (Lipinski definition) is 1. The summed E-state index contributed by atoms with van der Waals surface area (Å²) in [4.78, 5) is 0. The van der Waals surface area contributed by atoms with Gasteiger partial charge in [0.1, 0.15) is 0 Å². The fourth-order valence-electron chi connectivity index (χ4n) is 0.512. The average molecular weight is 129 g/mol. The molecule has 0 saturated carbocycles. The average Bonchev–Trinajstić information content (AvgIpc) is 1.81. The van der Waals surface area contributed by atoms with Crippen LogP contribution in [0.15, 0.2) is 11.8 Å². The smallest absolute Gasteiger partial charge is 0.0604 e. The summed E-state index contributed by atoms with van der Waals surface area (Å²) < 4.78 is 0. The summed E-state index contributed by atoms with van der Waals surface area (Å²) in [5, 5.41) is 3.14. The molecule has 8 heavy (non-hydrogen) atoms. The minimum Gasteiger partial charge on any atom is -0.323 e. The van der Waals surface area contributed by atoms with Crippen molar-refractivity contribution in [1.82, 2.24) is 5.32 Å². The van der Waals surface area contributed by atoms with Crippen molar-refractivity contribution in [2.75, 3.05) is 13.2 Å². The molecule has 0 atom stereocenters. The van der Waals surface area contributed by atoms with Gasteiger partial charge >= 0.3 is 0 Å². The molecule has 0 radical (unpaired) electrons. The largest absolute Gasteiger partial charge is 0.323 e. The zero-order valence-corrected chi connectivity index (χ0v) is 7.19. The minimum absolute atomic E-state index is 0.109. The highest BCUT2D eigenvalue weighted by molar-refractivity contribution is 6.42. The fourth-order valence-corrected chi connectivity index (χ4v) is 1.54. The zero-order chi connectivity index (χ0) is 6.24. The molecule has 0 aromatic heterocycles. The molecule has 0 aliphatic heterocycles. The molecule has 0 fully saturated rings. The molecule has 0 saturated heterocycles. The first-order chi connectivity index (χ1) is 3.91. The normalized spacial score (nSPS) is 12.2. The van der Waals surface area contributed by atoms with Crippen LogP contribution in [-0.4, -0.2) is 22.7 Å². The molecule has 0 aromatic rings. The number of hydrogen-bond acceptors (Lipinski definition) is 1. The van der Waals surface area contributed by atoms with E-state index >= 15 is 0 Å². The van der Waals surface area contributed by atoms with Crippen molar-refractivity contribution in [1.29, 1.82) is 0 Å². The van der Waals surface area contributed by atoms with Crippen LogP contribution in [0.1, 0.15) is 13.3 Å². The van der Waals surface area contributed by atoms with Crippen LogP contribution >= 0.6 is 0 Å². The molecule has 0 amide bonds. The van der Waals surface area contributed by atoms with Gasteiger partial charge < -0.3 is 5.32 Å². The van der Waals surface area contributed by atoms with Crippen LogP contribution in [-0.2, 0) is 0 Å². The molecular weight excluding hydrogens is 114 g/mol. The number of nitrogens with one attached hydrogen (secondary N) is 1. The van der Waals surface area contributed by atoms with E-state index in [4.69, 9.17) is 0 Å². The van der Waals surface area contributed by atoms with Gasteiger partial charge in [0.25, 0.3) is 0 Å². The summed E-state index contributed by atoms with van der Waals surface area (Å²) in [5.74, 6) is 0. The van der Waals surface area contributed by atoms with E-state index in [1.54, 1.807) is 0 Å². The molecule has 0 unspecified atom stereocenters. The Bertz CT molecular complexity index is 61.5. The van der Waals surface area contributed by atoms with E-state index in [1.165, 1.54) is 12.6 Å². The molecule has 0 bridgehead atoms. The summed E-state index contributed by atoms with van der Waals surface area (Å²) >= 11 is 0. The van der Waals surface area contributed by atoms with Crippen LogP contribution in [0.2, 0.25) is 0 Å². The molecule has 1 nitrogen and oxygen atoms in total. The lowest BCUT2D eigenvalue weighted by Crippen LogP contribution is -2.12. The van der Waals surface area contributed by atoms with Crippen molar-refractivity contribution in [2.24, 2.45) is 0 Å². The van der Waals surface area contributed by atoms with Gasteiger partial charge in [-0.05, 0) is 19.6 Å². The summed E-state index contributed by atoms with van der Waals surface area (Å²) in [7, 11) is 2.12. The Labute approximate surface area is 54.0 Å². The van der Waals surface area contributed by atoms with E-state index in [0.717, 1.165) is 0 Å². The third kappa shape index (κ3) is 5.92. The fraction of sp³-hybridized carbons (Fsp3) is 0.667. The van der Waals surface area contributed by atoms with Gasteiger partial charge in [0.05, 0.1) is 9.52 Å². The molecule has 2 heteroatoms. The van der Waals surface area contributed by atoms with E-state index < -0.39 is 0 Å². The molecule has 0 aromatic carbocycles. The van der Waals surface area contributed by atoms with Crippen LogP contribution in [0.3, 0.4) is 0 Å². The first kappa shape index (κ1) is 7.92. The standard InChI is InChI=1S/C6H15NSi/c1-3-4-5-8-6-7-2/h4-5,7H,3,6,8H2,1-2H3. The Morgan fingerprint density at radius 1 is 1.62 bits per heavy atom. The molecule has 48 valence electrons. The summed E-state index contributed by atoms with van der Waals surface area (Å²) in [6, 6.07) is 0. The second-order valence-corrected chi connectivity index (χ2v) is 3.32. The molecule has 0 spiro atoms. The third-order valence-corrected chi connectivity index (χ3v) is 2.42. The predicted octanol–water partition coefficient (Wildman–Crippen LogP) is 0.256. The first-order valence-corrected chi connectivity index (χ1v) is 5.03. The van der Waals surface area contributed by atoms with Gasteiger partial charge in [0.2, 0.25) is 0 Å². The third-order valence-electron chi connectivity index (χ3n) is 0.963. The van der Waals surface area contributed by atoms with Gasteiger partial charge in [0, 0.05) is 0 Å². The maximum absolute atomic E-state index is 3.14. The van der Waals surface area contributed by atoms with E-state index in [-0.39, 0.29) is 9.52 Å². The minimum atomic E-state index is 0.109. The quantitative estimate of drug-likeness (QED) is 0.424. The van der Waals surface area contributed by atoms with Gasteiger partial charge in [-0.1, -0.05) is 13.0 Å². The lowest BCUT2D eigenvalue weighted by Gasteiger charge is -1.87. The summed E-state index contributed by atoms with van der Waals surface area (Å²) in [6.45, 7) is 2.17. The Balaban J connectivity index is 2.80. The maximum Gasteiger partial charge on any atom is 0.0604 e. The molecule has 0 aliphatic rings. The van der Waals surface area contributed by atoms with Gasteiger partial charge in [-0.3, -0.25) is 0 Å². The van der Waals surface area contributed by atoms with Crippen LogP contribution in [0.5, 0.6) is 0 Å². The first-order valence-electron chi connectivity index (χ1n) is 3.21. The van der Waals surface area contributed by atoms with Gasteiger partial charge in [-0.25, -0.2) is 0 Å². The highest BCUT2D eigenvalue weighted by Gasteiger charge is 1.74. The highest BCUT2D eigenvalue weighted by atomic mass is 28.2. The Morgan fingerprint density at radius 2 is 2.38 bits per heavy atom. The van der Waals surface area contributed by atoms with Crippen LogP contribution in [0.4, 0.5) is 0 Å². The summed E-state index contributed by atoms with van der Waals surface area (Å²) in [5.41, 5.74) is 2.34. The molecule has 0 rings (SSSR count). The lowest BCUT2D eigenvalue weighted by molar-refractivity contribution is 0.969. The van der Waals surface area contributed by atoms with Crippen LogP contribution in [0.25, 0.3) is 0 Å². The number of allylic oxidation sites excluding steroid dienone is 1. The maximum atomic E-state index is 3.14. The van der Waals surface area contributed by atoms with Crippen LogP contribution in [0, 0.1) is 0 Å². The summed E-state index contributed by atoms with van der Waals surface area (Å²) in [6.07, 6.45) is 4.68. The van der Waals surface area contributed by atoms with E-state index in [9.17, 15) is 0 Å². The van der Waals surface area contributed by atoms with E-state index in [0.29, 0.717) is 0 Å². The van der Waals surface area contributed by atoms with E-state index in [2.05, 4.69) is 24.0 Å². The second-order valence-electron chi connectivity index (χ2n) is 1.77. The molecule has 0 aliphatic carbocycles. The zero-order valence-electron chi connectivity index (χ0n) is 5.78. The second kappa shape index (κ2) is 6.92. The van der Waals surface area contributed by atoms with Gasteiger partial charge in [-0.2, -0.15) is 0 Å². The monoisotopic (exact) mass is 129 g/mol.